The fourth-order valence-electron chi connectivity index (χ4n) is 0.421. The summed E-state index contributed by atoms with van der Waals surface area (Å²) in [6, 6.07) is 0. The van der Waals surface area contributed by atoms with E-state index in [2.05, 4.69) is 18.2 Å². The van der Waals surface area contributed by atoms with Gasteiger partial charge in [0, 0.05) is 0 Å². The van der Waals surface area contributed by atoms with Crippen LogP contribution in [0.4, 0.5) is 0 Å². The number of allylic oxidation sites excluding steroid dienone is 4. The molecule has 0 aliphatic heterocycles. The second-order valence-corrected chi connectivity index (χ2v) is 2.99. The van der Waals surface area contributed by atoms with Crippen LogP contribution >= 0.6 is 0 Å². The van der Waals surface area contributed by atoms with Crippen LogP contribution < -0.4 is 0 Å². The van der Waals surface area contributed by atoms with Gasteiger partial charge in [-0.2, -0.15) is 0 Å². The van der Waals surface area contributed by atoms with Crippen molar-refractivity contribution in [3.05, 3.63) is 22.3 Å². The van der Waals surface area contributed by atoms with Crippen LogP contribution in [0.3, 0.4) is 0 Å². The van der Waals surface area contributed by atoms with Crippen LogP contribution in [0.15, 0.2) is 22.3 Å². The molecule has 0 saturated heterocycles. The van der Waals surface area contributed by atoms with Gasteiger partial charge in [-0.15, -0.1) is 0 Å². The molecule has 6 heavy (non-hydrogen) atoms. The number of hydrogen-bond acceptors (Lipinski definition) is 0. The summed E-state index contributed by atoms with van der Waals surface area (Å²) in [5.41, 5.74) is 0. The van der Waals surface area contributed by atoms with Gasteiger partial charge in [0.15, 0.2) is 0 Å². The first kappa shape index (κ1) is 4.31. The summed E-state index contributed by atoms with van der Waals surface area (Å²) < 4.78 is 1.52. The summed E-state index contributed by atoms with van der Waals surface area (Å²) in [5, 5.41) is 0. The molecular weight excluding hydrogens is 246 g/mol. The van der Waals surface area contributed by atoms with Gasteiger partial charge in [-0.25, -0.2) is 0 Å². The second kappa shape index (κ2) is 1.73. The molecule has 1 aliphatic carbocycles. The van der Waals surface area contributed by atoms with Gasteiger partial charge in [-0.1, -0.05) is 0 Å². The van der Waals surface area contributed by atoms with E-state index in [9.17, 15) is 0 Å². The Labute approximate surface area is 49.8 Å². The van der Waals surface area contributed by atoms with E-state index in [1.807, 2.05) is 0 Å². The fourth-order valence-corrected chi connectivity index (χ4v) is 1.00. The normalized spacial score (nSPS) is 18.5. The van der Waals surface area contributed by atoms with Crippen LogP contribution in [0, 0.1) is 0 Å². The quantitative estimate of drug-likeness (QED) is 0.613. The van der Waals surface area contributed by atoms with E-state index in [1.54, 1.807) is 19.2 Å². The fraction of sp³-hybridized carbons (Fsp3) is 0.200. The molecule has 1 aliphatic rings. The van der Waals surface area contributed by atoms with E-state index < -0.39 is 0 Å². The van der Waals surface area contributed by atoms with Gasteiger partial charge in [0.05, 0.1) is 0 Å². The molecule has 0 atom stereocenters. The van der Waals surface area contributed by atoms with Gasteiger partial charge < -0.3 is 1.43 Å². The molecule has 0 aromatic rings. The van der Waals surface area contributed by atoms with Crippen molar-refractivity contribution in [2.75, 3.05) is 0 Å². The molecule has 0 aromatic heterocycles. The summed E-state index contributed by atoms with van der Waals surface area (Å²) >= 11 is 1.78. The zero-order valence-corrected chi connectivity index (χ0v) is 6.03. The standard InChI is InChI=1S/C5H5.Re.H/c1-2-4-5-3-1;;/h1-3H,4H2;;/q;;-1. The topological polar surface area (TPSA) is 0 Å². The zero-order valence-electron chi connectivity index (χ0n) is 4.32. The van der Waals surface area contributed by atoms with Crippen molar-refractivity contribution < 1.29 is 20.6 Å². The Kier molecular flexibility index (Phi) is 1.24. The van der Waals surface area contributed by atoms with E-state index in [0.29, 0.717) is 0 Å². The Bertz CT molecular complexity index is 105. The van der Waals surface area contributed by atoms with E-state index >= 15 is 0 Å². The molecule has 0 aromatic carbocycles. The van der Waals surface area contributed by atoms with E-state index in [1.165, 1.54) is 10.5 Å². The Balaban J connectivity index is 0.000000360. The molecule has 0 radical (unpaired) electrons. The van der Waals surface area contributed by atoms with Crippen molar-refractivity contribution in [2.45, 2.75) is 6.42 Å². The molecule has 0 saturated carbocycles. The van der Waals surface area contributed by atoms with Crippen molar-refractivity contribution in [1.82, 2.24) is 0 Å². The van der Waals surface area contributed by atoms with Gasteiger partial charge in [0.1, 0.15) is 0 Å². The SMILES string of the molecule is [H-].[Re][C]1=CC=CC1. The molecular formula is C5H6Re-. The van der Waals surface area contributed by atoms with Gasteiger partial charge >= 0.3 is 47.9 Å². The summed E-state index contributed by atoms with van der Waals surface area (Å²) in [6.07, 6.45) is 7.64. The Morgan fingerprint density at radius 2 is 2.67 bits per heavy atom. The first-order valence-electron chi connectivity index (χ1n) is 1.91. The Morgan fingerprint density at radius 3 is 2.83 bits per heavy atom. The zero-order chi connectivity index (χ0) is 4.41. The summed E-state index contributed by atoms with van der Waals surface area (Å²) in [4.78, 5) is 0. The third-order valence-electron chi connectivity index (χ3n) is 0.726. The molecule has 0 spiro atoms. The molecule has 1 rings (SSSR count). The van der Waals surface area contributed by atoms with Crippen molar-refractivity contribution in [3.8, 4) is 0 Å². The third kappa shape index (κ3) is 0.802. The molecule has 1 heteroatoms. The van der Waals surface area contributed by atoms with Gasteiger partial charge in [0.2, 0.25) is 0 Å². The molecule has 0 fully saturated rings. The molecule has 0 N–H and O–H groups in total. The minimum atomic E-state index is 0. The van der Waals surface area contributed by atoms with Gasteiger partial charge in [-0.05, 0) is 0 Å². The molecule has 0 bridgehead atoms. The summed E-state index contributed by atoms with van der Waals surface area (Å²) in [7, 11) is 0. The summed E-state index contributed by atoms with van der Waals surface area (Å²) in [5.74, 6) is 0. The van der Waals surface area contributed by atoms with Crippen molar-refractivity contribution in [1.29, 1.82) is 0 Å². The van der Waals surface area contributed by atoms with Crippen molar-refractivity contribution in [2.24, 2.45) is 0 Å². The van der Waals surface area contributed by atoms with Crippen LogP contribution in [0.2, 0.25) is 0 Å². The maximum absolute atomic E-state index is 2.18. The molecule has 0 nitrogen and oxygen atoms in total. The van der Waals surface area contributed by atoms with E-state index in [-0.39, 0.29) is 1.43 Å². The van der Waals surface area contributed by atoms with Gasteiger partial charge in [0.25, 0.3) is 0 Å². The van der Waals surface area contributed by atoms with Crippen molar-refractivity contribution in [3.63, 3.8) is 0 Å². The van der Waals surface area contributed by atoms with Crippen LogP contribution in [0.1, 0.15) is 7.85 Å². The van der Waals surface area contributed by atoms with Crippen LogP contribution in [-0.2, 0) is 19.2 Å². The molecule has 0 unspecified atom stereocenters. The molecule has 0 amide bonds. The molecule has 34 valence electrons. The monoisotopic (exact) mass is 253 g/mol. The maximum atomic E-state index is 2.18. The minimum absolute atomic E-state index is 0. The first-order valence-corrected chi connectivity index (χ1v) is 3.26. The second-order valence-electron chi connectivity index (χ2n) is 1.25. The first-order chi connectivity index (χ1) is 2.89. The van der Waals surface area contributed by atoms with E-state index in [0.717, 1.165) is 0 Å². The van der Waals surface area contributed by atoms with Crippen LogP contribution in [0.5, 0.6) is 0 Å². The number of hydrogen-bond donors (Lipinski definition) is 0. The van der Waals surface area contributed by atoms with Crippen LogP contribution in [0.25, 0.3) is 0 Å². The average molecular weight is 252 g/mol. The Morgan fingerprint density at radius 1 is 1.83 bits per heavy atom. The predicted molar refractivity (Wildman–Crippen MR) is 23.0 cm³/mol. The van der Waals surface area contributed by atoms with Gasteiger partial charge in [-0.3, -0.25) is 0 Å². The number of rotatable bonds is 0. The van der Waals surface area contributed by atoms with Crippen molar-refractivity contribution >= 4 is 0 Å². The van der Waals surface area contributed by atoms with Crippen LogP contribution in [-0.4, -0.2) is 0 Å². The Hall–Kier alpha value is 0.142. The van der Waals surface area contributed by atoms with E-state index in [4.69, 9.17) is 0 Å². The summed E-state index contributed by atoms with van der Waals surface area (Å²) in [6.45, 7) is 0. The third-order valence-corrected chi connectivity index (χ3v) is 1.73. The predicted octanol–water partition coefficient (Wildman–Crippen LogP) is 1.49. The average Bonchev–Trinajstić information content (AvgIpc) is 1.86. The molecule has 0 heterocycles.